The monoisotopic (exact) mass is 423 g/mol. The number of hydrogen-bond donors (Lipinski definition) is 1. The first kappa shape index (κ1) is 20.2. The molecule has 0 bridgehead atoms. The van der Waals surface area contributed by atoms with Crippen molar-refractivity contribution in [2.24, 2.45) is 5.10 Å². The van der Waals surface area contributed by atoms with Gasteiger partial charge in [0.1, 0.15) is 0 Å². The Bertz CT molecular complexity index is 1080. The van der Waals surface area contributed by atoms with E-state index in [4.69, 9.17) is 21.7 Å². The van der Waals surface area contributed by atoms with Gasteiger partial charge in [-0.05, 0) is 67.4 Å². The smallest absolute Gasteiger partial charge is 0.216 e. The van der Waals surface area contributed by atoms with Gasteiger partial charge in [-0.2, -0.15) is 14.9 Å². The average Bonchev–Trinajstić information content (AvgIpc) is 3.18. The second kappa shape index (κ2) is 9.13. The lowest BCUT2D eigenvalue weighted by molar-refractivity contribution is 0.355. The van der Waals surface area contributed by atoms with E-state index in [1.165, 1.54) is 24.9 Å². The van der Waals surface area contributed by atoms with Crippen molar-refractivity contribution in [3.63, 3.8) is 0 Å². The predicted octanol–water partition coefficient (Wildman–Crippen LogP) is 4.50. The maximum absolute atomic E-state index is 5.39. The van der Waals surface area contributed by atoms with E-state index in [2.05, 4.69) is 44.5 Å². The Kier molecular flexibility index (Phi) is 6.13. The van der Waals surface area contributed by atoms with Crippen molar-refractivity contribution in [2.75, 3.05) is 32.2 Å². The molecule has 7 nitrogen and oxygen atoms in total. The standard InChI is InChI=1S/C22H25N5O2S/c1-28-19-11-8-17(14-20(19)29-2)21-24-25-22(30)27(21)23-15-16-6-9-18(10-7-16)26-12-4-3-5-13-26/h6-11,14-15H,3-5,12-13H2,1-2H3,(H,25,30)/b23-15-. The summed E-state index contributed by atoms with van der Waals surface area (Å²) in [5.74, 6) is 1.87. The van der Waals surface area contributed by atoms with E-state index in [-0.39, 0.29) is 0 Å². The number of benzene rings is 2. The SMILES string of the molecule is COc1ccc(-c2n[nH]c(=S)n2/N=C\c2ccc(N3CCCCC3)cc2)cc1OC. The molecular formula is C22H25N5O2S. The van der Waals surface area contributed by atoms with Crippen LogP contribution in [0.4, 0.5) is 5.69 Å². The highest BCUT2D eigenvalue weighted by Crippen LogP contribution is 2.31. The van der Waals surface area contributed by atoms with Crippen molar-refractivity contribution in [1.82, 2.24) is 14.9 Å². The van der Waals surface area contributed by atoms with Crippen LogP contribution < -0.4 is 14.4 Å². The van der Waals surface area contributed by atoms with Crippen LogP contribution in [0.2, 0.25) is 0 Å². The number of nitrogens with one attached hydrogen (secondary N) is 1. The largest absolute Gasteiger partial charge is 0.493 e. The van der Waals surface area contributed by atoms with Gasteiger partial charge in [-0.25, -0.2) is 5.10 Å². The number of aromatic nitrogens is 3. The van der Waals surface area contributed by atoms with Crippen LogP contribution in [0.15, 0.2) is 47.6 Å². The quantitative estimate of drug-likeness (QED) is 0.467. The van der Waals surface area contributed by atoms with Gasteiger partial charge in [0.15, 0.2) is 17.3 Å². The first-order valence-corrected chi connectivity index (χ1v) is 10.4. The molecular weight excluding hydrogens is 398 g/mol. The summed E-state index contributed by atoms with van der Waals surface area (Å²) in [4.78, 5) is 2.44. The van der Waals surface area contributed by atoms with E-state index in [1.807, 2.05) is 18.2 Å². The molecule has 0 radical (unpaired) electrons. The van der Waals surface area contributed by atoms with Gasteiger partial charge < -0.3 is 14.4 Å². The van der Waals surface area contributed by atoms with E-state index >= 15 is 0 Å². The maximum atomic E-state index is 5.39. The van der Waals surface area contributed by atoms with Crippen LogP contribution in [0.5, 0.6) is 11.5 Å². The number of aromatic amines is 1. The minimum absolute atomic E-state index is 0.418. The zero-order valence-corrected chi connectivity index (χ0v) is 18.0. The Morgan fingerprint density at radius 2 is 1.73 bits per heavy atom. The predicted molar refractivity (Wildman–Crippen MR) is 121 cm³/mol. The van der Waals surface area contributed by atoms with Gasteiger partial charge in [0.2, 0.25) is 4.77 Å². The molecule has 156 valence electrons. The van der Waals surface area contributed by atoms with E-state index in [9.17, 15) is 0 Å². The molecule has 1 saturated heterocycles. The molecule has 2 heterocycles. The lowest BCUT2D eigenvalue weighted by atomic mass is 10.1. The zero-order valence-electron chi connectivity index (χ0n) is 17.2. The Hall–Kier alpha value is -3.13. The van der Waals surface area contributed by atoms with Crippen LogP contribution in [-0.2, 0) is 0 Å². The number of nitrogens with zero attached hydrogens (tertiary/aromatic N) is 4. The van der Waals surface area contributed by atoms with Gasteiger partial charge in [-0.1, -0.05) is 12.1 Å². The van der Waals surface area contributed by atoms with Crippen LogP contribution in [0.25, 0.3) is 11.4 Å². The van der Waals surface area contributed by atoms with Crippen molar-refractivity contribution >= 4 is 24.1 Å². The molecule has 1 N–H and O–H groups in total. The average molecular weight is 424 g/mol. The number of anilines is 1. The van der Waals surface area contributed by atoms with E-state index < -0.39 is 0 Å². The molecule has 8 heteroatoms. The topological polar surface area (TPSA) is 67.7 Å². The van der Waals surface area contributed by atoms with Crippen molar-refractivity contribution in [3.8, 4) is 22.9 Å². The van der Waals surface area contributed by atoms with Gasteiger partial charge in [-0.3, -0.25) is 0 Å². The fraction of sp³-hybridized carbons (Fsp3) is 0.318. The third-order valence-corrected chi connectivity index (χ3v) is 5.49. The van der Waals surface area contributed by atoms with E-state index in [0.29, 0.717) is 22.1 Å². The van der Waals surface area contributed by atoms with Crippen molar-refractivity contribution in [1.29, 1.82) is 0 Å². The van der Waals surface area contributed by atoms with Crippen LogP contribution >= 0.6 is 12.2 Å². The zero-order chi connectivity index (χ0) is 20.9. The summed E-state index contributed by atoms with van der Waals surface area (Å²) in [5, 5.41) is 11.7. The Morgan fingerprint density at radius 3 is 2.43 bits per heavy atom. The summed E-state index contributed by atoms with van der Waals surface area (Å²) in [6, 6.07) is 14.0. The molecule has 0 atom stereocenters. The molecule has 0 unspecified atom stereocenters. The number of piperidine rings is 1. The number of hydrogen-bond acceptors (Lipinski definition) is 6. The summed E-state index contributed by atoms with van der Waals surface area (Å²) < 4.78 is 12.7. The number of H-pyrrole nitrogens is 1. The first-order chi connectivity index (χ1) is 14.7. The van der Waals surface area contributed by atoms with Gasteiger partial charge in [0.05, 0.1) is 20.4 Å². The molecule has 0 aliphatic carbocycles. The Morgan fingerprint density at radius 1 is 1.00 bits per heavy atom. The Balaban J connectivity index is 1.58. The van der Waals surface area contributed by atoms with Crippen molar-refractivity contribution < 1.29 is 9.47 Å². The summed E-state index contributed by atoms with van der Waals surface area (Å²) >= 11 is 5.37. The normalized spacial score (nSPS) is 14.3. The maximum Gasteiger partial charge on any atom is 0.216 e. The molecule has 0 spiro atoms. The highest BCUT2D eigenvalue weighted by Gasteiger charge is 2.13. The Labute approximate surface area is 180 Å². The van der Waals surface area contributed by atoms with Crippen LogP contribution in [0, 0.1) is 4.77 Å². The second-order valence-electron chi connectivity index (χ2n) is 7.12. The first-order valence-electron chi connectivity index (χ1n) is 9.99. The van der Waals surface area contributed by atoms with Gasteiger partial charge in [0.25, 0.3) is 0 Å². The lowest BCUT2D eigenvalue weighted by Gasteiger charge is -2.28. The molecule has 0 saturated carbocycles. The fourth-order valence-electron chi connectivity index (χ4n) is 3.61. The summed E-state index contributed by atoms with van der Waals surface area (Å²) in [6.45, 7) is 2.26. The van der Waals surface area contributed by atoms with Crippen molar-refractivity contribution in [3.05, 3.63) is 52.8 Å². The molecule has 1 aliphatic rings. The highest BCUT2D eigenvalue weighted by molar-refractivity contribution is 7.71. The van der Waals surface area contributed by atoms with Crippen LogP contribution in [0.1, 0.15) is 24.8 Å². The van der Waals surface area contributed by atoms with Gasteiger partial charge in [0, 0.05) is 24.3 Å². The number of rotatable bonds is 6. The summed E-state index contributed by atoms with van der Waals surface area (Å²) in [7, 11) is 3.21. The molecule has 4 rings (SSSR count). The molecule has 1 aliphatic heterocycles. The molecule has 0 amide bonds. The second-order valence-corrected chi connectivity index (χ2v) is 7.50. The summed E-state index contributed by atoms with van der Waals surface area (Å²) in [6.07, 6.45) is 5.65. The molecule has 30 heavy (non-hydrogen) atoms. The molecule has 1 aromatic heterocycles. The third-order valence-electron chi connectivity index (χ3n) is 5.23. The number of ether oxygens (including phenoxy) is 2. The minimum Gasteiger partial charge on any atom is -0.493 e. The van der Waals surface area contributed by atoms with E-state index in [0.717, 1.165) is 24.2 Å². The van der Waals surface area contributed by atoms with Gasteiger partial charge >= 0.3 is 0 Å². The van der Waals surface area contributed by atoms with Crippen LogP contribution in [0.3, 0.4) is 0 Å². The third kappa shape index (κ3) is 4.23. The minimum atomic E-state index is 0.418. The fourth-order valence-corrected chi connectivity index (χ4v) is 3.79. The molecule has 2 aromatic carbocycles. The number of methoxy groups -OCH3 is 2. The summed E-state index contributed by atoms with van der Waals surface area (Å²) in [5.41, 5.74) is 3.08. The molecule has 3 aromatic rings. The highest BCUT2D eigenvalue weighted by atomic mass is 32.1. The molecule has 1 fully saturated rings. The van der Waals surface area contributed by atoms with Crippen molar-refractivity contribution in [2.45, 2.75) is 19.3 Å². The van der Waals surface area contributed by atoms with Crippen LogP contribution in [-0.4, -0.2) is 48.4 Å². The lowest BCUT2D eigenvalue weighted by Crippen LogP contribution is -2.29. The van der Waals surface area contributed by atoms with E-state index in [1.54, 1.807) is 25.1 Å². The van der Waals surface area contributed by atoms with Gasteiger partial charge in [-0.15, -0.1) is 0 Å².